The molecule has 0 aliphatic rings. The third kappa shape index (κ3) is 1.87. The lowest BCUT2D eigenvalue weighted by Crippen LogP contribution is -2.25. The molecule has 1 rings (SSSR count). The molecule has 0 atom stereocenters. The van der Waals surface area contributed by atoms with Gasteiger partial charge in [0.2, 0.25) is 0 Å². The number of amides is 1. The van der Waals surface area contributed by atoms with E-state index in [0.29, 0.717) is 0 Å². The van der Waals surface area contributed by atoms with E-state index >= 15 is 0 Å². The van der Waals surface area contributed by atoms with Crippen molar-refractivity contribution < 1.29 is 14.7 Å². The summed E-state index contributed by atoms with van der Waals surface area (Å²) < 4.78 is 0. The van der Waals surface area contributed by atoms with Crippen molar-refractivity contribution >= 4 is 11.9 Å². The fraction of sp³-hybridized carbons (Fsp3) is 0.143. The second kappa shape index (κ2) is 4.04. The Labute approximate surface area is 78.4 Å². The number of aromatic nitrogens is 2. The molecule has 0 unspecified atom stereocenters. The van der Waals surface area contributed by atoms with Gasteiger partial charge in [-0.15, -0.1) is 0 Å². The molecule has 1 amide bonds. The summed E-state index contributed by atoms with van der Waals surface area (Å²) >= 11 is 0. The number of nitrogens with zero attached hydrogens (tertiary/aromatic N) is 2. The van der Waals surface area contributed by atoms with Crippen LogP contribution in [0.1, 0.15) is 21.0 Å². The van der Waals surface area contributed by atoms with E-state index in [0.717, 1.165) is 6.33 Å². The summed E-state index contributed by atoms with van der Waals surface area (Å²) in [6, 6.07) is 1.69. The molecule has 0 bridgehead atoms. The molecular weight excluding hydrogens is 188 g/mol. The Morgan fingerprint density at radius 3 is 3.00 bits per heavy atom. The van der Waals surface area contributed by atoms with Gasteiger partial charge in [-0.25, -0.2) is 9.78 Å². The number of carbonyl (C=O) groups is 2. The van der Waals surface area contributed by atoms with Crippen molar-refractivity contribution in [2.45, 2.75) is 0 Å². The van der Waals surface area contributed by atoms with Crippen LogP contribution in [0.15, 0.2) is 6.33 Å². The summed E-state index contributed by atoms with van der Waals surface area (Å²) in [4.78, 5) is 27.6. The lowest BCUT2D eigenvalue weighted by atomic mass is 10.3. The normalized spacial score (nSPS) is 9.07. The SMILES string of the molecule is N#CCNC(=O)c1nc[nH]c1C(=O)O. The largest absolute Gasteiger partial charge is 0.477 e. The van der Waals surface area contributed by atoms with Crippen molar-refractivity contribution in [2.24, 2.45) is 0 Å². The number of nitriles is 1. The number of carboxylic acid groups (broad SMARTS) is 1. The van der Waals surface area contributed by atoms with Gasteiger partial charge in [-0.3, -0.25) is 4.79 Å². The quantitative estimate of drug-likeness (QED) is 0.553. The van der Waals surface area contributed by atoms with Crippen LogP contribution in [-0.4, -0.2) is 33.5 Å². The molecule has 14 heavy (non-hydrogen) atoms. The average Bonchev–Trinajstić information content (AvgIpc) is 2.62. The number of H-pyrrole nitrogens is 1. The highest BCUT2D eigenvalue weighted by molar-refractivity contribution is 6.02. The van der Waals surface area contributed by atoms with Gasteiger partial charge < -0.3 is 15.4 Å². The summed E-state index contributed by atoms with van der Waals surface area (Å²) in [6.07, 6.45) is 1.10. The van der Waals surface area contributed by atoms with Gasteiger partial charge in [0.1, 0.15) is 6.54 Å². The highest BCUT2D eigenvalue weighted by Gasteiger charge is 2.18. The van der Waals surface area contributed by atoms with Crippen LogP contribution in [0.5, 0.6) is 0 Å². The monoisotopic (exact) mass is 194 g/mol. The van der Waals surface area contributed by atoms with Crippen molar-refractivity contribution in [3.05, 3.63) is 17.7 Å². The zero-order valence-electron chi connectivity index (χ0n) is 6.94. The maximum absolute atomic E-state index is 11.2. The number of aromatic carboxylic acids is 1. The van der Waals surface area contributed by atoms with Gasteiger partial charge in [0, 0.05) is 0 Å². The number of hydrogen-bond donors (Lipinski definition) is 3. The smallest absolute Gasteiger partial charge is 0.354 e. The molecule has 7 nitrogen and oxygen atoms in total. The fourth-order valence-corrected chi connectivity index (χ4v) is 0.833. The number of nitrogens with one attached hydrogen (secondary N) is 2. The Kier molecular flexibility index (Phi) is 2.81. The van der Waals surface area contributed by atoms with E-state index in [2.05, 4.69) is 15.3 Å². The van der Waals surface area contributed by atoms with Gasteiger partial charge >= 0.3 is 5.97 Å². The van der Waals surface area contributed by atoms with E-state index in [1.54, 1.807) is 6.07 Å². The van der Waals surface area contributed by atoms with E-state index in [1.807, 2.05) is 0 Å². The first-order valence-electron chi connectivity index (χ1n) is 3.58. The molecule has 0 aromatic carbocycles. The summed E-state index contributed by atoms with van der Waals surface area (Å²) in [5, 5.41) is 19.0. The van der Waals surface area contributed by atoms with Gasteiger partial charge in [-0.1, -0.05) is 0 Å². The van der Waals surface area contributed by atoms with Crippen molar-refractivity contribution in [3.8, 4) is 6.07 Å². The molecule has 0 saturated heterocycles. The zero-order chi connectivity index (χ0) is 10.6. The molecular formula is C7H6N4O3. The van der Waals surface area contributed by atoms with Crippen LogP contribution in [0.3, 0.4) is 0 Å². The van der Waals surface area contributed by atoms with E-state index in [9.17, 15) is 9.59 Å². The van der Waals surface area contributed by atoms with Gasteiger partial charge in [0.05, 0.1) is 12.4 Å². The molecule has 7 heteroatoms. The molecule has 0 aliphatic heterocycles. The Morgan fingerprint density at radius 2 is 2.43 bits per heavy atom. The third-order valence-corrected chi connectivity index (χ3v) is 1.40. The molecule has 0 fully saturated rings. The summed E-state index contributed by atoms with van der Waals surface area (Å²) in [5.41, 5.74) is -0.520. The van der Waals surface area contributed by atoms with Crippen molar-refractivity contribution in [1.82, 2.24) is 15.3 Å². The van der Waals surface area contributed by atoms with Crippen LogP contribution in [-0.2, 0) is 0 Å². The molecule has 3 N–H and O–H groups in total. The first-order valence-corrected chi connectivity index (χ1v) is 3.58. The standard InChI is InChI=1S/C7H6N4O3/c8-1-2-9-6(12)4-5(7(13)14)11-3-10-4/h3H,2H2,(H,9,12)(H,10,11)(H,13,14). The van der Waals surface area contributed by atoms with Gasteiger partial charge in [-0.2, -0.15) is 5.26 Å². The molecule has 1 aromatic heterocycles. The number of aromatic amines is 1. The van der Waals surface area contributed by atoms with Crippen molar-refractivity contribution in [2.75, 3.05) is 6.54 Å². The summed E-state index contributed by atoms with van der Waals surface area (Å²) in [6.45, 7) is -0.190. The van der Waals surface area contributed by atoms with E-state index in [-0.39, 0.29) is 17.9 Å². The van der Waals surface area contributed by atoms with E-state index in [4.69, 9.17) is 10.4 Å². The van der Waals surface area contributed by atoms with Crippen LogP contribution >= 0.6 is 0 Å². The van der Waals surface area contributed by atoms with Gasteiger partial charge in [0.15, 0.2) is 11.4 Å². The number of carbonyl (C=O) groups excluding carboxylic acids is 1. The molecule has 0 radical (unpaired) electrons. The van der Waals surface area contributed by atoms with Crippen LogP contribution < -0.4 is 5.32 Å². The van der Waals surface area contributed by atoms with E-state index < -0.39 is 11.9 Å². The average molecular weight is 194 g/mol. The lowest BCUT2D eigenvalue weighted by molar-refractivity contribution is 0.0685. The lowest BCUT2D eigenvalue weighted by Gasteiger charge is -1.97. The Morgan fingerprint density at radius 1 is 1.71 bits per heavy atom. The van der Waals surface area contributed by atoms with Crippen LogP contribution in [0.2, 0.25) is 0 Å². The summed E-state index contributed by atoms with van der Waals surface area (Å²) in [5.74, 6) is -1.96. The van der Waals surface area contributed by atoms with Gasteiger partial charge in [-0.05, 0) is 0 Å². The molecule has 0 saturated carbocycles. The highest BCUT2D eigenvalue weighted by Crippen LogP contribution is 2.01. The first kappa shape index (κ1) is 9.73. The van der Waals surface area contributed by atoms with Crippen LogP contribution in [0, 0.1) is 11.3 Å². The fourth-order valence-electron chi connectivity index (χ4n) is 0.833. The topological polar surface area (TPSA) is 119 Å². The molecule has 0 aliphatic carbocycles. The first-order chi connectivity index (χ1) is 6.66. The van der Waals surface area contributed by atoms with Crippen LogP contribution in [0.4, 0.5) is 0 Å². The van der Waals surface area contributed by atoms with Crippen LogP contribution in [0.25, 0.3) is 0 Å². The number of imidazole rings is 1. The summed E-state index contributed by atoms with van der Waals surface area (Å²) in [7, 11) is 0. The van der Waals surface area contributed by atoms with Crippen molar-refractivity contribution in [3.63, 3.8) is 0 Å². The minimum Gasteiger partial charge on any atom is -0.477 e. The number of rotatable bonds is 3. The Balaban J connectivity index is 2.85. The minimum atomic E-state index is -1.27. The van der Waals surface area contributed by atoms with E-state index in [1.165, 1.54) is 0 Å². The molecule has 0 spiro atoms. The molecule has 1 heterocycles. The number of carboxylic acids is 1. The Hall–Kier alpha value is -2.36. The second-order valence-electron chi connectivity index (χ2n) is 2.27. The predicted molar refractivity (Wildman–Crippen MR) is 43.5 cm³/mol. The maximum atomic E-state index is 11.2. The third-order valence-electron chi connectivity index (χ3n) is 1.40. The highest BCUT2D eigenvalue weighted by atomic mass is 16.4. The van der Waals surface area contributed by atoms with Crippen molar-refractivity contribution in [1.29, 1.82) is 5.26 Å². The number of hydrogen-bond acceptors (Lipinski definition) is 4. The van der Waals surface area contributed by atoms with Gasteiger partial charge in [0.25, 0.3) is 5.91 Å². The predicted octanol–water partition coefficient (Wildman–Crippen LogP) is -0.639. The molecule has 72 valence electrons. The molecule has 1 aromatic rings. The second-order valence-corrected chi connectivity index (χ2v) is 2.27. The Bertz CT molecular complexity index is 403. The zero-order valence-corrected chi connectivity index (χ0v) is 6.94. The maximum Gasteiger partial charge on any atom is 0.354 e. The minimum absolute atomic E-state index is 0.190.